The molecular formula is C22H24F2N4O5S. The van der Waals surface area contributed by atoms with Crippen molar-refractivity contribution >= 4 is 33.6 Å². The fourth-order valence-corrected chi connectivity index (χ4v) is 5.13. The van der Waals surface area contributed by atoms with Crippen molar-refractivity contribution in [2.45, 2.75) is 31.2 Å². The molecule has 0 spiro atoms. The summed E-state index contributed by atoms with van der Waals surface area (Å²) in [7, 11) is -3.67. The summed E-state index contributed by atoms with van der Waals surface area (Å²) in [6, 6.07) is 7.03. The normalized spacial score (nSPS) is 18.4. The Morgan fingerprint density at radius 1 is 1.09 bits per heavy atom. The summed E-state index contributed by atoms with van der Waals surface area (Å²) in [6.45, 7) is 4.59. The van der Waals surface area contributed by atoms with Crippen molar-refractivity contribution in [3.63, 3.8) is 0 Å². The minimum absolute atomic E-state index is 0.0520. The average Bonchev–Trinajstić information content (AvgIpc) is 3.00. The van der Waals surface area contributed by atoms with Crippen molar-refractivity contribution in [3.8, 4) is 0 Å². The molecule has 12 heteroatoms. The lowest BCUT2D eigenvalue weighted by atomic mass is 9.91. The summed E-state index contributed by atoms with van der Waals surface area (Å²) in [5.41, 5.74) is -2.00. The van der Waals surface area contributed by atoms with E-state index in [2.05, 4.69) is 10.6 Å². The van der Waals surface area contributed by atoms with Gasteiger partial charge in [0.1, 0.15) is 23.7 Å². The third kappa shape index (κ3) is 4.64. The standard InChI is InChI=1S/C22H24F2N4O5S/c1-4-27(5-2)34(32,33)16-9-7-15(8-10-16)25-19(29)13-28-20(30)22(3,26-21(28)31)17-12-14(23)6-11-18(17)24/h6-12H,4-5,13H2,1-3H3,(H,25,29)(H,26,31)/t22-/m1/s1. The van der Waals surface area contributed by atoms with E-state index in [1.807, 2.05) is 0 Å². The maximum Gasteiger partial charge on any atom is 0.325 e. The number of nitrogens with zero attached hydrogens (tertiary/aromatic N) is 2. The van der Waals surface area contributed by atoms with Gasteiger partial charge < -0.3 is 10.6 Å². The fraction of sp³-hybridized carbons (Fsp3) is 0.318. The highest BCUT2D eigenvalue weighted by atomic mass is 32.2. The number of amides is 4. The summed E-state index contributed by atoms with van der Waals surface area (Å²) in [5, 5.41) is 4.79. The monoisotopic (exact) mass is 494 g/mol. The minimum Gasteiger partial charge on any atom is -0.325 e. The Labute approximate surface area is 195 Å². The largest absolute Gasteiger partial charge is 0.325 e. The molecule has 2 N–H and O–H groups in total. The van der Waals surface area contributed by atoms with Crippen molar-refractivity contribution in [3.05, 3.63) is 59.7 Å². The molecule has 1 aliphatic heterocycles. The molecular weight excluding hydrogens is 470 g/mol. The van der Waals surface area contributed by atoms with E-state index in [1.165, 1.54) is 35.5 Å². The minimum atomic E-state index is -3.67. The Balaban J connectivity index is 1.72. The number of hydrogen-bond acceptors (Lipinski definition) is 5. The van der Waals surface area contributed by atoms with Gasteiger partial charge in [0.25, 0.3) is 5.91 Å². The molecule has 1 atom stereocenters. The van der Waals surface area contributed by atoms with Crippen LogP contribution < -0.4 is 10.6 Å². The zero-order valence-corrected chi connectivity index (χ0v) is 19.6. The Kier molecular flexibility index (Phi) is 7.03. The van der Waals surface area contributed by atoms with E-state index < -0.39 is 51.6 Å². The van der Waals surface area contributed by atoms with Crippen molar-refractivity contribution in [1.82, 2.24) is 14.5 Å². The van der Waals surface area contributed by atoms with Gasteiger partial charge in [-0.2, -0.15) is 4.31 Å². The van der Waals surface area contributed by atoms with Gasteiger partial charge in [0, 0.05) is 24.3 Å². The van der Waals surface area contributed by atoms with Gasteiger partial charge in [-0.1, -0.05) is 13.8 Å². The molecule has 4 amide bonds. The first-order valence-electron chi connectivity index (χ1n) is 10.4. The number of carbonyl (C=O) groups is 3. The van der Waals surface area contributed by atoms with Gasteiger partial charge in [0.05, 0.1) is 4.90 Å². The van der Waals surface area contributed by atoms with Crippen LogP contribution in [-0.2, 0) is 25.2 Å². The molecule has 1 fully saturated rings. The number of halogens is 2. The third-order valence-corrected chi connectivity index (χ3v) is 7.59. The fourth-order valence-electron chi connectivity index (χ4n) is 3.67. The number of sulfonamides is 1. The number of anilines is 1. The van der Waals surface area contributed by atoms with E-state index in [9.17, 15) is 31.6 Å². The highest BCUT2D eigenvalue weighted by Crippen LogP contribution is 2.31. The van der Waals surface area contributed by atoms with Crippen LogP contribution in [0, 0.1) is 11.6 Å². The van der Waals surface area contributed by atoms with Crippen LogP contribution in [0.4, 0.5) is 19.3 Å². The number of hydrogen-bond donors (Lipinski definition) is 2. The lowest BCUT2D eigenvalue weighted by Gasteiger charge is -2.22. The molecule has 182 valence electrons. The molecule has 2 aromatic carbocycles. The van der Waals surface area contributed by atoms with Crippen molar-refractivity contribution in [2.24, 2.45) is 0 Å². The number of carbonyl (C=O) groups excluding carboxylic acids is 3. The van der Waals surface area contributed by atoms with Gasteiger partial charge in [-0.15, -0.1) is 0 Å². The van der Waals surface area contributed by atoms with E-state index in [-0.39, 0.29) is 16.1 Å². The van der Waals surface area contributed by atoms with E-state index in [1.54, 1.807) is 13.8 Å². The number of imide groups is 1. The second kappa shape index (κ2) is 9.47. The number of urea groups is 1. The first-order chi connectivity index (χ1) is 15.9. The number of rotatable bonds is 8. The summed E-state index contributed by atoms with van der Waals surface area (Å²) < 4.78 is 54.3. The van der Waals surface area contributed by atoms with E-state index >= 15 is 0 Å². The van der Waals surface area contributed by atoms with Crippen LogP contribution in [0.3, 0.4) is 0 Å². The van der Waals surface area contributed by atoms with Crippen LogP contribution >= 0.6 is 0 Å². The molecule has 0 bridgehead atoms. The topological polar surface area (TPSA) is 116 Å². The molecule has 9 nitrogen and oxygen atoms in total. The molecule has 0 aromatic heterocycles. The van der Waals surface area contributed by atoms with Gasteiger partial charge >= 0.3 is 6.03 Å². The third-order valence-electron chi connectivity index (χ3n) is 5.53. The van der Waals surface area contributed by atoms with Crippen molar-refractivity contribution < 1.29 is 31.6 Å². The lowest BCUT2D eigenvalue weighted by molar-refractivity contribution is -0.133. The summed E-state index contributed by atoms with van der Waals surface area (Å²) >= 11 is 0. The van der Waals surface area contributed by atoms with Gasteiger partial charge in [0.2, 0.25) is 15.9 Å². The first-order valence-corrected chi connectivity index (χ1v) is 11.9. The van der Waals surface area contributed by atoms with E-state index in [0.717, 1.165) is 18.2 Å². The van der Waals surface area contributed by atoms with Crippen molar-refractivity contribution in [2.75, 3.05) is 25.0 Å². The Morgan fingerprint density at radius 2 is 1.71 bits per heavy atom. The molecule has 34 heavy (non-hydrogen) atoms. The van der Waals surface area contributed by atoms with Crippen molar-refractivity contribution in [1.29, 1.82) is 0 Å². The molecule has 0 saturated carbocycles. The summed E-state index contributed by atoms with van der Waals surface area (Å²) in [6.07, 6.45) is 0. The second-order valence-corrected chi connectivity index (χ2v) is 9.67. The maximum absolute atomic E-state index is 14.2. The Bertz CT molecular complexity index is 1230. The van der Waals surface area contributed by atoms with Gasteiger partial charge in [-0.05, 0) is 49.4 Å². The van der Waals surface area contributed by atoms with Crippen LogP contribution in [0.15, 0.2) is 47.4 Å². The average molecular weight is 495 g/mol. The smallest absolute Gasteiger partial charge is 0.325 e. The van der Waals surface area contributed by atoms with E-state index in [0.29, 0.717) is 18.0 Å². The Hall–Kier alpha value is -3.38. The summed E-state index contributed by atoms with van der Waals surface area (Å²) in [4.78, 5) is 38.3. The highest BCUT2D eigenvalue weighted by Gasteiger charge is 2.50. The van der Waals surface area contributed by atoms with Gasteiger partial charge in [-0.3, -0.25) is 14.5 Å². The Morgan fingerprint density at radius 3 is 2.29 bits per heavy atom. The molecule has 1 heterocycles. The van der Waals surface area contributed by atoms with Gasteiger partial charge in [-0.25, -0.2) is 22.0 Å². The highest BCUT2D eigenvalue weighted by molar-refractivity contribution is 7.89. The lowest BCUT2D eigenvalue weighted by Crippen LogP contribution is -2.42. The molecule has 0 aliphatic carbocycles. The van der Waals surface area contributed by atoms with Gasteiger partial charge in [0.15, 0.2) is 0 Å². The van der Waals surface area contributed by atoms with Crippen LogP contribution in [0.2, 0.25) is 0 Å². The van der Waals surface area contributed by atoms with E-state index in [4.69, 9.17) is 0 Å². The molecule has 0 radical (unpaired) electrons. The quantitative estimate of drug-likeness (QED) is 0.547. The maximum atomic E-state index is 14.2. The molecule has 3 rings (SSSR count). The molecule has 1 aliphatic rings. The van der Waals surface area contributed by atoms with Crippen LogP contribution in [0.25, 0.3) is 0 Å². The zero-order valence-electron chi connectivity index (χ0n) is 18.8. The second-order valence-electron chi connectivity index (χ2n) is 7.73. The summed E-state index contributed by atoms with van der Waals surface area (Å²) in [5.74, 6) is -3.34. The first kappa shape index (κ1) is 25.2. The molecule has 2 aromatic rings. The van der Waals surface area contributed by atoms with Crippen LogP contribution in [-0.4, -0.2) is 55.1 Å². The molecule has 0 unspecified atom stereocenters. The SMILES string of the molecule is CCN(CC)S(=O)(=O)c1ccc(NC(=O)CN2C(=O)N[C@](C)(c3cc(F)ccc3F)C2=O)cc1. The van der Waals surface area contributed by atoms with Crippen LogP contribution in [0.1, 0.15) is 26.3 Å². The van der Waals surface area contributed by atoms with Crippen LogP contribution in [0.5, 0.6) is 0 Å². The molecule has 1 saturated heterocycles. The number of nitrogens with one attached hydrogen (secondary N) is 2. The predicted molar refractivity (Wildman–Crippen MR) is 119 cm³/mol. The zero-order chi connectivity index (χ0) is 25.3. The number of benzene rings is 2. The predicted octanol–water partition coefficient (Wildman–Crippen LogP) is 2.40.